The second-order valence-electron chi connectivity index (χ2n) is 3.32. The van der Waals surface area contributed by atoms with E-state index in [1.807, 2.05) is 24.5 Å². The average molecular weight is 250 g/mol. The first-order chi connectivity index (χ1) is 7.74. The molecule has 0 aromatic heterocycles. The lowest BCUT2D eigenvalue weighted by Gasteiger charge is -2.22. The van der Waals surface area contributed by atoms with Gasteiger partial charge in [0, 0.05) is 9.79 Å². The molecule has 0 radical (unpaired) electrons. The molecule has 82 valence electrons. The van der Waals surface area contributed by atoms with Gasteiger partial charge in [-0.25, -0.2) is 0 Å². The Morgan fingerprint density at radius 3 is 3.12 bits per heavy atom. The zero-order valence-corrected chi connectivity index (χ0v) is 10.3. The molecule has 1 atom stereocenters. The Hall–Kier alpha value is -1.12. The number of nitriles is 1. The van der Waals surface area contributed by atoms with E-state index in [0.29, 0.717) is 0 Å². The van der Waals surface area contributed by atoms with Gasteiger partial charge >= 0.3 is 0 Å². The van der Waals surface area contributed by atoms with Gasteiger partial charge in [0.25, 0.3) is 0 Å². The summed E-state index contributed by atoms with van der Waals surface area (Å²) in [6, 6.07) is 7.98. The van der Waals surface area contributed by atoms with Crippen LogP contribution in [0.25, 0.3) is 0 Å². The van der Waals surface area contributed by atoms with Gasteiger partial charge in [-0.1, -0.05) is 0 Å². The Morgan fingerprint density at radius 2 is 2.44 bits per heavy atom. The SMILES string of the molecule is CSc1ccc2c(c1)SC(CC#N)C(=O)N2. The Bertz CT molecular complexity index is 468. The van der Waals surface area contributed by atoms with E-state index in [-0.39, 0.29) is 17.6 Å². The third-order valence-corrected chi connectivity index (χ3v) is 4.27. The van der Waals surface area contributed by atoms with Crippen molar-refractivity contribution in [3.63, 3.8) is 0 Å². The molecule has 1 heterocycles. The highest BCUT2D eigenvalue weighted by molar-refractivity contribution is 8.01. The molecule has 1 aliphatic heterocycles. The van der Waals surface area contributed by atoms with E-state index in [4.69, 9.17) is 5.26 Å². The zero-order chi connectivity index (χ0) is 11.5. The van der Waals surface area contributed by atoms with Crippen LogP contribution >= 0.6 is 23.5 Å². The van der Waals surface area contributed by atoms with Crippen molar-refractivity contribution in [1.82, 2.24) is 0 Å². The molecular weight excluding hydrogens is 240 g/mol. The number of hydrogen-bond acceptors (Lipinski definition) is 4. The number of nitrogens with zero attached hydrogens (tertiary/aromatic N) is 1. The predicted molar refractivity (Wildman–Crippen MR) is 66.7 cm³/mol. The van der Waals surface area contributed by atoms with Gasteiger partial charge in [0.2, 0.25) is 5.91 Å². The molecule has 16 heavy (non-hydrogen) atoms. The van der Waals surface area contributed by atoms with E-state index in [2.05, 4.69) is 11.4 Å². The largest absolute Gasteiger partial charge is 0.324 e. The maximum atomic E-state index is 11.6. The van der Waals surface area contributed by atoms with Crippen molar-refractivity contribution >= 4 is 35.1 Å². The molecule has 0 aliphatic carbocycles. The summed E-state index contributed by atoms with van der Waals surface area (Å²) in [5, 5.41) is 11.2. The van der Waals surface area contributed by atoms with Gasteiger partial charge in [0.1, 0.15) is 5.25 Å². The van der Waals surface area contributed by atoms with Crippen molar-refractivity contribution in [2.75, 3.05) is 11.6 Å². The van der Waals surface area contributed by atoms with Gasteiger partial charge in [0.15, 0.2) is 0 Å². The van der Waals surface area contributed by atoms with Crippen LogP contribution < -0.4 is 5.32 Å². The summed E-state index contributed by atoms with van der Waals surface area (Å²) in [6.45, 7) is 0. The lowest BCUT2D eigenvalue weighted by atomic mass is 10.2. The number of hydrogen-bond donors (Lipinski definition) is 1. The zero-order valence-electron chi connectivity index (χ0n) is 8.69. The molecule has 0 bridgehead atoms. The molecule has 0 saturated heterocycles. The van der Waals surface area contributed by atoms with Crippen molar-refractivity contribution in [3.8, 4) is 6.07 Å². The highest BCUT2D eigenvalue weighted by atomic mass is 32.2. The third-order valence-electron chi connectivity index (χ3n) is 2.28. The van der Waals surface area contributed by atoms with Gasteiger partial charge in [-0.05, 0) is 24.5 Å². The van der Waals surface area contributed by atoms with Crippen LogP contribution in [-0.2, 0) is 4.79 Å². The number of carbonyl (C=O) groups excluding carboxylic acids is 1. The first-order valence-corrected chi connectivity index (χ1v) is 6.87. The number of thioether (sulfide) groups is 2. The number of carbonyl (C=O) groups is 1. The second-order valence-corrected chi connectivity index (χ2v) is 5.44. The first kappa shape index (κ1) is 11.4. The molecule has 0 saturated carbocycles. The summed E-state index contributed by atoms with van der Waals surface area (Å²) in [7, 11) is 0. The normalized spacial score (nSPS) is 18.5. The minimum atomic E-state index is -0.283. The quantitative estimate of drug-likeness (QED) is 0.820. The van der Waals surface area contributed by atoms with Crippen LogP contribution in [0.4, 0.5) is 5.69 Å². The van der Waals surface area contributed by atoms with E-state index >= 15 is 0 Å². The van der Waals surface area contributed by atoms with Gasteiger partial charge in [-0.3, -0.25) is 4.79 Å². The van der Waals surface area contributed by atoms with E-state index < -0.39 is 0 Å². The van der Waals surface area contributed by atoms with Gasteiger partial charge in [0.05, 0.1) is 18.2 Å². The number of benzene rings is 1. The van der Waals surface area contributed by atoms with E-state index in [9.17, 15) is 4.79 Å². The van der Waals surface area contributed by atoms with Crippen molar-refractivity contribution < 1.29 is 4.79 Å². The number of nitrogens with one attached hydrogen (secondary N) is 1. The molecule has 5 heteroatoms. The summed E-state index contributed by atoms with van der Waals surface area (Å²) in [6.07, 6.45) is 2.26. The van der Waals surface area contributed by atoms with Gasteiger partial charge in [-0.15, -0.1) is 23.5 Å². The second kappa shape index (κ2) is 4.81. The summed E-state index contributed by atoms with van der Waals surface area (Å²) in [4.78, 5) is 13.8. The van der Waals surface area contributed by atoms with Crippen LogP contribution in [0, 0.1) is 11.3 Å². The molecule has 1 aliphatic rings. The number of anilines is 1. The minimum absolute atomic E-state index is 0.0732. The van der Waals surface area contributed by atoms with Crippen LogP contribution in [0.2, 0.25) is 0 Å². The average Bonchev–Trinajstić information content (AvgIpc) is 2.30. The van der Waals surface area contributed by atoms with Crippen molar-refractivity contribution in [3.05, 3.63) is 18.2 Å². The Balaban J connectivity index is 2.29. The molecule has 1 amide bonds. The fraction of sp³-hybridized carbons (Fsp3) is 0.273. The standard InChI is InChI=1S/C11H10N2OS2/c1-15-7-2-3-8-10(6-7)16-9(4-5-12)11(14)13-8/h2-3,6,9H,4H2,1H3,(H,13,14). The van der Waals surface area contributed by atoms with Crippen LogP contribution in [0.1, 0.15) is 6.42 Å². The van der Waals surface area contributed by atoms with E-state index in [1.54, 1.807) is 11.8 Å². The maximum Gasteiger partial charge on any atom is 0.238 e. The van der Waals surface area contributed by atoms with Crippen LogP contribution in [0.5, 0.6) is 0 Å². The predicted octanol–water partition coefficient (Wildman–Crippen LogP) is 2.73. The lowest BCUT2D eigenvalue weighted by molar-refractivity contribution is -0.115. The minimum Gasteiger partial charge on any atom is -0.324 e. The summed E-state index contributed by atoms with van der Waals surface area (Å²) < 4.78 is 0. The molecule has 3 nitrogen and oxygen atoms in total. The maximum absolute atomic E-state index is 11.6. The fourth-order valence-electron chi connectivity index (χ4n) is 1.47. The number of amides is 1. The molecule has 0 spiro atoms. The van der Waals surface area contributed by atoms with Crippen LogP contribution in [0.15, 0.2) is 28.0 Å². The highest BCUT2D eigenvalue weighted by Gasteiger charge is 2.26. The van der Waals surface area contributed by atoms with Crippen molar-refractivity contribution in [2.24, 2.45) is 0 Å². The van der Waals surface area contributed by atoms with E-state index in [1.165, 1.54) is 11.8 Å². The topological polar surface area (TPSA) is 52.9 Å². The number of fused-ring (bicyclic) bond motifs is 1. The Labute approximate surface area is 103 Å². The van der Waals surface area contributed by atoms with Gasteiger partial charge < -0.3 is 5.32 Å². The monoisotopic (exact) mass is 250 g/mol. The molecule has 1 aromatic rings. The molecular formula is C11H10N2OS2. The van der Waals surface area contributed by atoms with Gasteiger partial charge in [-0.2, -0.15) is 5.26 Å². The summed E-state index contributed by atoms with van der Waals surface area (Å²) in [5.74, 6) is -0.0732. The molecule has 0 fully saturated rings. The molecule has 1 unspecified atom stereocenters. The molecule has 2 rings (SSSR count). The third kappa shape index (κ3) is 2.18. The van der Waals surface area contributed by atoms with E-state index in [0.717, 1.165) is 15.5 Å². The Kier molecular flexibility index (Phi) is 3.42. The summed E-state index contributed by atoms with van der Waals surface area (Å²) >= 11 is 3.14. The summed E-state index contributed by atoms with van der Waals surface area (Å²) in [5.41, 5.74) is 0.849. The molecule has 1 N–H and O–H groups in total. The van der Waals surface area contributed by atoms with Crippen molar-refractivity contribution in [2.45, 2.75) is 21.5 Å². The van der Waals surface area contributed by atoms with Crippen LogP contribution in [-0.4, -0.2) is 17.4 Å². The highest BCUT2D eigenvalue weighted by Crippen LogP contribution is 2.38. The molecule has 1 aromatic carbocycles. The fourth-order valence-corrected chi connectivity index (χ4v) is 3.05. The number of rotatable bonds is 2. The smallest absolute Gasteiger partial charge is 0.238 e. The first-order valence-electron chi connectivity index (χ1n) is 4.77. The van der Waals surface area contributed by atoms with Crippen LogP contribution in [0.3, 0.4) is 0 Å². The van der Waals surface area contributed by atoms with Crippen molar-refractivity contribution in [1.29, 1.82) is 5.26 Å². The Morgan fingerprint density at radius 1 is 1.62 bits per heavy atom. The lowest BCUT2D eigenvalue weighted by Crippen LogP contribution is -2.28.